The standard InChI is InChI=1S/C28H61NSi/c1-8-9-10-11-12-13-14-15-16-17-18-19-20-21-22-23-24-30(29(6)7,25-27(2)3)26-28(4)5/h27-28H,8-26H2,1-7H3. The summed E-state index contributed by atoms with van der Waals surface area (Å²) in [4.78, 5) is 0. The summed E-state index contributed by atoms with van der Waals surface area (Å²) in [6.45, 7) is 12.0. The van der Waals surface area contributed by atoms with Crippen LogP contribution in [-0.2, 0) is 0 Å². The number of rotatable bonds is 22. The van der Waals surface area contributed by atoms with Gasteiger partial charge < -0.3 is 4.57 Å². The van der Waals surface area contributed by atoms with Crippen molar-refractivity contribution < 1.29 is 0 Å². The largest absolute Gasteiger partial charge is 0.329 e. The summed E-state index contributed by atoms with van der Waals surface area (Å²) in [6.07, 6.45) is 23.5. The van der Waals surface area contributed by atoms with Crippen molar-refractivity contribution in [3.8, 4) is 0 Å². The third-order valence-electron chi connectivity index (χ3n) is 7.02. The molecule has 0 N–H and O–H groups in total. The summed E-state index contributed by atoms with van der Waals surface area (Å²) < 4.78 is 2.69. The summed E-state index contributed by atoms with van der Waals surface area (Å²) in [7, 11) is 3.48. The van der Waals surface area contributed by atoms with E-state index < -0.39 is 8.24 Å². The van der Waals surface area contributed by atoms with Crippen LogP contribution in [0.15, 0.2) is 0 Å². The first kappa shape index (κ1) is 30.2. The quantitative estimate of drug-likeness (QED) is 0.120. The Kier molecular flexibility index (Phi) is 19.9. The minimum absolute atomic E-state index is 0.846. The van der Waals surface area contributed by atoms with E-state index in [-0.39, 0.29) is 0 Å². The summed E-state index contributed by atoms with van der Waals surface area (Å²) >= 11 is 0. The molecule has 0 fully saturated rings. The van der Waals surface area contributed by atoms with Gasteiger partial charge in [-0.3, -0.25) is 0 Å². The van der Waals surface area contributed by atoms with E-state index in [1.54, 1.807) is 0 Å². The molecule has 182 valence electrons. The fourth-order valence-electron chi connectivity index (χ4n) is 5.40. The molecule has 0 saturated heterocycles. The smallest absolute Gasteiger partial charge is 0.128 e. The van der Waals surface area contributed by atoms with Crippen LogP contribution in [0.5, 0.6) is 0 Å². The third-order valence-corrected chi connectivity index (χ3v) is 13.4. The Hall–Kier alpha value is 0.177. The van der Waals surface area contributed by atoms with E-state index in [4.69, 9.17) is 0 Å². The predicted octanol–water partition coefficient (Wildman–Crippen LogP) is 10.1. The fraction of sp³-hybridized carbons (Fsp3) is 1.00. The minimum Gasteiger partial charge on any atom is -0.329 e. The zero-order valence-electron chi connectivity index (χ0n) is 22.5. The van der Waals surface area contributed by atoms with Gasteiger partial charge in [-0.1, -0.05) is 137 Å². The molecule has 0 aliphatic carbocycles. The first-order valence-electron chi connectivity index (χ1n) is 14.0. The van der Waals surface area contributed by atoms with E-state index in [2.05, 4.69) is 53.3 Å². The lowest BCUT2D eigenvalue weighted by Gasteiger charge is -2.41. The van der Waals surface area contributed by atoms with Crippen molar-refractivity contribution in [2.24, 2.45) is 11.8 Å². The van der Waals surface area contributed by atoms with Gasteiger partial charge in [-0.25, -0.2) is 0 Å². The van der Waals surface area contributed by atoms with Crippen LogP contribution in [0.2, 0.25) is 18.1 Å². The Morgan fingerprint density at radius 1 is 0.500 bits per heavy atom. The maximum absolute atomic E-state index is 2.69. The molecule has 0 aromatic rings. The van der Waals surface area contributed by atoms with Crippen LogP contribution in [0.1, 0.15) is 137 Å². The lowest BCUT2D eigenvalue weighted by atomic mass is 10.0. The Morgan fingerprint density at radius 3 is 1.07 bits per heavy atom. The van der Waals surface area contributed by atoms with Gasteiger partial charge in [-0.15, -0.1) is 0 Å². The number of nitrogens with zero attached hydrogens (tertiary/aromatic N) is 1. The Balaban J connectivity index is 3.70. The van der Waals surface area contributed by atoms with Gasteiger partial charge in [0, 0.05) is 0 Å². The van der Waals surface area contributed by atoms with Gasteiger partial charge in [0.25, 0.3) is 0 Å². The van der Waals surface area contributed by atoms with Gasteiger partial charge in [0.15, 0.2) is 0 Å². The van der Waals surface area contributed by atoms with Crippen molar-refractivity contribution in [2.45, 2.75) is 155 Å². The van der Waals surface area contributed by atoms with E-state index in [1.807, 2.05) is 0 Å². The summed E-state index contributed by atoms with van der Waals surface area (Å²) in [5, 5.41) is 0. The topological polar surface area (TPSA) is 3.24 Å². The second-order valence-corrected chi connectivity index (χ2v) is 16.0. The van der Waals surface area contributed by atoms with Crippen LogP contribution in [0.25, 0.3) is 0 Å². The molecular formula is C28H61NSi. The van der Waals surface area contributed by atoms with E-state index in [9.17, 15) is 0 Å². The summed E-state index contributed by atoms with van der Waals surface area (Å²) in [5.74, 6) is 1.69. The van der Waals surface area contributed by atoms with Crippen LogP contribution < -0.4 is 0 Å². The molecule has 0 aliphatic heterocycles. The molecule has 2 heteroatoms. The van der Waals surface area contributed by atoms with Gasteiger partial charge >= 0.3 is 0 Å². The first-order chi connectivity index (χ1) is 14.3. The number of hydrogen-bond donors (Lipinski definition) is 0. The van der Waals surface area contributed by atoms with Gasteiger partial charge in [-0.05, 0) is 44.1 Å². The highest BCUT2D eigenvalue weighted by Crippen LogP contribution is 2.32. The average molecular weight is 440 g/mol. The highest BCUT2D eigenvalue weighted by molar-refractivity contribution is 6.77. The highest BCUT2D eigenvalue weighted by Gasteiger charge is 2.36. The van der Waals surface area contributed by atoms with Crippen molar-refractivity contribution >= 4 is 8.24 Å². The molecule has 0 rings (SSSR count). The van der Waals surface area contributed by atoms with Crippen molar-refractivity contribution in [2.75, 3.05) is 14.1 Å². The summed E-state index contributed by atoms with van der Waals surface area (Å²) in [5.41, 5.74) is 0. The Labute approximate surface area is 194 Å². The van der Waals surface area contributed by atoms with Crippen LogP contribution in [0.3, 0.4) is 0 Å². The maximum Gasteiger partial charge on any atom is 0.128 e. The molecule has 0 aromatic heterocycles. The van der Waals surface area contributed by atoms with Gasteiger partial charge in [-0.2, -0.15) is 0 Å². The molecule has 1 nitrogen and oxygen atoms in total. The average Bonchev–Trinajstić information content (AvgIpc) is 2.66. The van der Waals surface area contributed by atoms with Crippen molar-refractivity contribution in [1.29, 1.82) is 0 Å². The molecule has 0 spiro atoms. The molecule has 0 aliphatic rings. The van der Waals surface area contributed by atoms with Crippen LogP contribution in [0.4, 0.5) is 0 Å². The molecule has 0 bridgehead atoms. The van der Waals surface area contributed by atoms with Gasteiger partial charge in [0.1, 0.15) is 8.24 Å². The Morgan fingerprint density at radius 2 is 0.800 bits per heavy atom. The minimum atomic E-state index is -1.27. The van der Waals surface area contributed by atoms with Gasteiger partial charge in [0.05, 0.1) is 0 Å². The van der Waals surface area contributed by atoms with Crippen LogP contribution >= 0.6 is 0 Å². The highest BCUT2D eigenvalue weighted by atomic mass is 28.3. The van der Waals surface area contributed by atoms with E-state index in [0.717, 1.165) is 11.8 Å². The molecule has 30 heavy (non-hydrogen) atoms. The van der Waals surface area contributed by atoms with Crippen LogP contribution in [-0.4, -0.2) is 26.9 Å². The molecular weight excluding hydrogens is 378 g/mol. The van der Waals surface area contributed by atoms with Crippen molar-refractivity contribution in [3.63, 3.8) is 0 Å². The second-order valence-electron chi connectivity index (χ2n) is 11.4. The van der Waals surface area contributed by atoms with Crippen LogP contribution in [0, 0.1) is 11.8 Å². The lowest BCUT2D eigenvalue weighted by molar-refractivity contribution is 0.522. The molecule has 0 unspecified atom stereocenters. The zero-order chi connectivity index (χ0) is 22.7. The maximum atomic E-state index is 2.69. The third kappa shape index (κ3) is 16.8. The molecule has 0 saturated carbocycles. The molecule has 0 aromatic carbocycles. The molecule has 0 heterocycles. The first-order valence-corrected chi connectivity index (χ1v) is 16.6. The monoisotopic (exact) mass is 439 g/mol. The van der Waals surface area contributed by atoms with Crippen molar-refractivity contribution in [3.05, 3.63) is 0 Å². The normalized spacial score (nSPS) is 12.6. The molecule has 0 amide bonds. The fourth-order valence-corrected chi connectivity index (χ4v) is 11.1. The molecule has 0 radical (unpaired) electrons. The second kappa shape index (κ2) is 19.8. The summed E-state index contributed by atoms with van der Waals surface area (Å²) in [6, 6.07) is 4.49. The predicted molar refractivity (Wildman–Crippen MR) is 143 cm³/mol. The molecule has 0 atom stereocenters. The lowest BCUT2D eigenvalue weighted by Crippen LogP contribution is -2.51. The van der Waals surface area contributed by atoms with E-state index >= 15 is 0 Å². The Bertz CT molecular complexity index is 341. The SMILES string of the molecule is CCCCCCCCCCCCCCCCCC[Si](CC(C)C)(CC(C)C)N(C)C. The van der Waals surface area contributed by atoms with Gasteiger partial charge in [0.2, 0.25) is 0 Å². The van der Waals surface area contributed by atoms with E-state index in [0.29, 0.717) is 0 Å². The van der Waals surface area contributed by atoms with E-state index in [1.165, 1.54) is 121 Å². The zero-order valence-corrected chi connectivity index (χ0v) is 23.5. The number of hydrogen-bond acceptors (Lipinski definition) is 1. The van der Waals surface area contributed by atoms with Crippen molar-refractivity contribution in [1.82, 2.24) is 4.57 Å². The number of unbranched alkanes of at least 4 members (excludes halogenated alkanes) is 15.